The maximum atomic E-state index is 9.47. The first-order chi connectivity index (χ1) is 10.5. The normalized spacial score (nSPS) is 14.8. The summed E-state index contributed by atoms with van der Waals surface area (Å²) in [5.74, 6) is 0.701. The SMILES string of the molecule is CNN(CC1=C(C(C)C)C=CCN1)Cc1ncc(O)cc1C. The summed E-state index contributed by atoms with van der Waals surface area (Å²) in [6.45, 7) is 8.74. The van der Waals surface area contributed by atoms with Gasteiger partial charge in [0.05, 0.1) is 25.0 Å². The molecule has 0 bridgehead atoms. The van der Waals surface area contributed by atoms with Gasteiger partial charge in [-0.1, -0.05) is 26.0 Å². The van der Waals surface area contributed by atoms with Crippen molar-refractivity contribution in [2.24, 2.45) is 5.92 Å². The summed E-state index contributed by atoms with van der Waals surface area (Å²) >= 11 is 0. The fraction of sp³-hybridized carbons (Fsp3) is 0.471. The highest BCUT2D eigenvalue weighted by Crippen LogP contribution is 2.19. The van der Waals surface area contributed by atoms with Crippen LogP contribution < -0.4 is 10.7 Å². The summed E-state index contributed by atoms with van der Waals surface area (Å²) in [5, 5.41) is 15.1. The highest BCUT2D eigenvalue weighted by atomic mass is 16.3. The van der Waals surface area contributed by atoms with E-state index in [9.17, 15) is 5.11 Å². The molecule has 1 aromatic heterocycles. The Morgan fingerprint density at radius 2 is 2.18 bits per heavy atom. The van der Waals surface area contributed by atoms with Crippen LogP contribution in [-0.4, -0.2) is 35.2 Å². The molecule has 0 unspecified atom stereocenters. The number of nitrogens with zero attached hydrogens (tertiary/aromatic N) is 2. The molecule has 120 valence electrons. The molecule has 5 nitrogen and oxygen atoms in total. The summed E-state index contributed by atoms with van der Waals surface area (Å²) in [6.07, 6.45) is 5.87. The van der Waals surface area contributed by atoms with Crippen molar-refractivity contribution in [2.45, 2.75) is 27.3 Å². The number of hydrogen-bond donors (Lipinski definition) is 3. The van der Waals surface area contributed by atoms with Crippen molar-refractivity contribution < 1.29 is 5.11 Å². The molecule has 0 amide bonds. The lowest BCUT2D eigenvalue weighted by atomic mass is 9.98. The van der Waals surface area contributed by atoms with Gasteiger partial charge < -0.3 is 10.4 Å². The van der Waals surface area contributed by atoms with Gasteiger partial charge in [-0.3, -0.25) is 10.4 Å². The molecule has 1 aromatic rings. The number of aryl methyl sites for hydroxylation is 1. The Kier molecular flexibility index (Phi) is 5.57. The van der Waals surface area contributed by atoms with Gasteiger partial charge in [-0.15, -0.1) is 0 Å². The Morgan fingerprint density at radius 3 is 2.82 bits per heavy atom. The lowest BCUT2D eigenvalue weighted by Crippen LogP contribution is -2.40. The van der Waals surface area contributed by atoms with Crippen LogP contribution in [0.25, 0.3) is 0 Å². The zero-order chi connectivity index (χ0) is 16.1. The monoisotopic (exact) mass is 302 g/mol. The quantitative estimate of drug-likeness (QED) is 0.703. The minimum atomic E-state index is 0.209. The third-order valence-electron chi connectivity index (χ3n) is 3.88. The largest absolute Gasteiger partial charge is 0.506 e. The Morgan fingerprint density at radius 1 is 1.41 bits per heavy atom. The smallest absolute Gasteiger partial charge is 0.134 e. The molecular formula is C17H26N4O. The van der Waals surface area contributed by atoms with E-state index < -0.39 is 0 Å². The van der Waals surface area contributed by atoms with E-state index in [1.165, 1.54) is 17.5 Å². The van der Waals surface area contributed by atoms with Crippen molar-refractivity contribution in [2.75, 3.05) is 20.1 Å². The summed E-state index contributed by atoms with van der Waals surface area (Å²) in [5.41, 5.74) is 7.79. The average Bonchev–Trinajstić information content (AvgIpc) is 2.49. The molecule has 0 aromatic carbocycles. The second kappa shape index (κ2) is 7.42. The summed E-state index contributed by atoms with van der Waals surface area (Å²) in [7, 11) is 1.92. The molecule has 2 rings (SSSR count). The minimum Gasteiger partial charge on any atom is -0.506 e. The number of rotatable bonds is 6. The molecule has 0 aliphatic carbocycles. The number of hydrazine groups is 1. The van der Waals surface area contributed by atoms with Gasteiger partial charge in [0, 0.05) is 12.2 Å². The van der Waals surface area contributed by atoms with E-state index in [0.717, 1.165) is 24.3 Å². The van der Waals surface area contributed by atoms with Crippen molar-refractivity contribution in [3.8, 4) is 5.75 Å². The van der Waals surface area contributed by atoms with E-state index in [2.05, 4.69) is 46.7 Å². The zero-order valence-electron chi connectivity index (χ0n) is 13.8. The molecule has 22 heavy (non-hydrogen) atoms. The fourth-order valence-electron chi connectivity index (χ4n) is 2.60. The molecule has 0 radical (unpaired) electrons. The Balaban J connectivity index is 2.13. The van der Waals surface area contributed by atoms with Gasteiger partial charge in [0.1, 0.15) is 5.75 Å². The van der Waals surface area contributed by atoms with Gasteiger partial charge in [0.2, 0.25) is 0 Å². The Bertz CT molecular complexity index is 578. The summed E-state index contributed by atoms with van der Waals surface area (Å²) in [6, 6.07) is 1.75. The first kappa shape index (κ1) is 16.5. The maximum Gasteiger partial charge on any atom is 0.134 e. The van der Waals surface area contributed by atoms with Crippen LogP contribution in [-0.2, 0) is 6.54 Å². The molecule has 0 spiro atoms. The standard InChI is InChI=1S/C17H26N4O/c1-12(2)15-6-5-7-19-17(15)11-21(18-4)10-16-13(3)8-14(22)9-20-16/h5-6,8-9,12,18-19,22H,7,10-11H2,1-4H3. The lowest BCUT2D eigenvalue weighted by molar-refractivity contribution is 0.209. The van der Waals surface area contributed by atoms with E-state index in [0.29, 0.717) is 12.5 Å². The van der Waals surface area contributed by atoms with Crippen LogP contribution in [0.1, 0.15) is 25.1 Å². The van der Waals surface area contributed by atoms with Crippen LogP contribution in [0.2, 0.25) is 0 Å². The first-order valence-electron chi connectivity index (χ1n) is 7.71. The number of aromatic nitrogens is 1. The van der Waals surface area contributed by atoms with E-state index in [1.807, 2.05) is 14.0 Å². The van der Waals surface area contributed by atoms with Crippen molar-refractivity contribution in [3.63, 3.8) is 0 Å². The second-order valence-corrected chi connectivity index (χ2v) is 5.91. The lowest BCUT2D eigenvalue weighted by Gasteiger charge is -2.27. The number of hydrogen-bond acceptors (Lipinski definition) is 5. The van der Waals surface area contributed by atoms with Gasteiger partial charge in [0.15, 0.2) is 0 Å². The molecular weight excluding hydrogens is 276 g/mol. The first-order valence-corrected chi connectivity index (χ1v) is 7.71. The average molecular weight is 302 g/mol. The number of allylic oxidation sites excluding steroid dienone is 2. The predicted octanol–water partition coefficient (Wildman–Crippen LogP) is 2.10. The predicted molar refractivity (Wildman–Crippen MR) is 89.1 cm³/mol. The molecule has 0 saturated carbocycles. The van der Waals surface area contributed by atoms with Crippen LogP contribution in [0.5, 0.6) is 5.75 Å². The van der Waals surface area contributed by atoms with E-state index >= 15 is 0 Å². The third kappa shape index (κ3) is 4.08. The van der Waals surface area contributed by atoms with Crippen molar-refractivity contribution in [1.82, 2.24) is 20.7 Å². The van der Waals surface area contributed by atoms with Crippen LogP contribution in [0.15, 0.2) is 35.7 Å². The molecule has 0 atom stereocenters. The van der Waals surface area contributed by atoms with Crippen LogP contribution in [0.3, 0.4) is 0 Å². The topological polar surface area (TPSA) is 60.4 Å². The van der Waals surface area contributed by atoms with Gasteiger partial charge in [-0.2, -0.15) is 0 Å². The molecule has 5 heteroatoms. The number of aromatic hydroxyl groups is 1. The van der Waals surface area contributed by atoms with Crippen molar-refractivity contribution >= 4 is 0 Å². The highest BCUT2D eigenvalue weighted by molar-refractivity contribution is 5.31. The van der Waals surface area contributed by atoms with Crippen LogP contribution >= 0.6 is 0 Å². The number of nitrogens with one attached hydrogen (secondary N) is 2. The third-order valence-corrected chi connectivity index (χ3v) is 3.88. The van der Waals surface area contributed by atoms with Crippen molar-refractivity contribution in [1.29, 1.82) is 0 Å². The number of dihydropyridines is 1. The molecule has 1 aliphatic rings. The fourth-order valence-corrected chi connectivity index (χ4v) is 2.60. The van der Waals surface area contributed by atoms with E-state index in [-0.39, 0.29) is 5.75 Å². The molecule has 2 heterocycles. The van der Waals surface area contributed by atoms with E-state index in [1.54, 1.807) is 6.07 Å². The van der Waals surface area contributed by atoms with Gasteiger partial charge in [0.25, 0.3) is 0 Å². The van der Waals surface area contributed by atoms with Crippen LogP contribution in [0, 0.1) is 12.8 Å². The van der Waals surface area contributed by atoms with Gasteiger partial charge in [-0.25, -0.2) is 5.01 Å². The summed E-state index contributed by atoms with van der Waals surface area (Å²) < 4.78 is 0. The molecule has 3 N–H and O–H groups in total. The Labute approximate surface area is 132 Å². The molecule has 0 fully saturated rings. The maximum absolute atomic E-state index is 9.47. The molecule has 1 aliphatic heterocycles. The highest BCUT2D eigenvalue weighted by Gasteiger charge is 2.15. The Hall–Kier alpha value is -1.85. The second-order valence-electron chi connectivity index (χ2n) is 5.91. The zero-order valence-corrected chi connectivity index (χ0v) is 13.8. The van der Waals surface area contributed by atoms with Crippen LogP contribution in [0.4, 0.5) is 0 Å². The van der Waals surface area contributed by atoms with Gasteiger partial charge >= 0.3 is 0 Å². The molecule has 0 saturated heterocycles. The van der Waals surface area contributed by atoms with Crippen molar-refractivity contribution in [3.05, 3.63) is 46.9 Å². The van der Waals surface area contributed by atoms with Gasteiger partial charge in [-0.05, 0) is 37.1 Å². The number of pyridine rings is 1. The van der Waals surface area contributed by atoms with E-state index in [4.69, 9.17) is 0 Å². The minimum absolute atomic E-state index is 0.209. The summed E-state index contributed by atoms with van der Waals surface area (Å²) in [4.78, 5) is 4.33.